The lowest BCUT2D eigenvalue weighted by atomic mass is 9.95. The van der Waals surface area contributed by atoms with E-state index in [1.807, 2.05) is 18.2 Å². The van der Waals surface area contributed by atoms with Crippen LogP contribution in [-0.2, 0) is 5.41 Å². The largest absolute Gasteiger partial charge is 0.382 e. The molecule has 0 spiro atoms. The predicted molar refractivity (Wildman–Crippen MR) is 79.4 cm³/mol. The molecule has 1 aromatic heterocycles. The summed E-state index contributed by atoms with van der Waals surface area (Å²) in [5.74, 6) is 7.52. The lowest BCUT2D eigenvalue weighted by Gasteiger charge is -2.17. The molecule has 0 aliphatic carbocycles. The third-order valence-corrected chi connectivity index (χ3v) is 3.36. The van der Waals surface area contributed by atoms with E-state index in [1.165, 1.54) is 10.2 Å². The highest BCUT2D eigenvalue weighted by Gasteiger charge is 2.26. The van der Waals surface area contributed by atoms with Crippen LogP contribution in [0.2, 0.25) is 0 Å². The van der Waals surface area contributed by atoms with E-state index >= 15 is 0 Å². The first-order valence-electron chi connectivity index (χ1n) is 6.51. The zero-order valence-electron chi connectivity index (χ0n) is 12.0. The van der Waals surface area contributed by atoms with Crippen molar-refractivity contribution in [3.05, 3.63) is 47.4 Å². The Morgan fingerprint density at radius 1 is 1.16 bits per heavy atom. The van der Waals surface area contributed by atoms with Gasteiger partial charge in [0.15, 0.2) is 0 Å². The summed E-state index contributed by atoms with van der Waals surface area (Å²) in [7, 11) is 0. The molecule has 1 unspecified atom stereocenters. The Morgan fingerprint density at radius 2 is 1.74 bits per heavy atom. The summed E-state index contributed by atoms with van der Waals surface area (Å²) in [5, 5.41) is 0. The highest BCUT2D eigenvalue weighted by Crippen LogP contribution is 2.31. The van der Waals surface area contributed by atoms with Gasteiger partial charge in [-0.25, -0.2) is 9.66 Å². The van der Waals surface area contributed by atoms with Crippen LogP contribution in [0.1, 0.15) is 50.7 Å². The fraction of sp³-hybridized carbons (Fsp3) is 0.400. The van der Waals surface area contributed by atoms with Crippen molar-refractivity contribution in [2.45, 2.75) is 39.0 Å². The second-order valence-corrected chi connectivity index (χ2v) is 5.96. The van der Waals surface area contributed by atoms with Crippen molar-refractivity contribution >= 4 is 5.82 Å². The molecule has 1 atom stereocenters. The number of imidazole rings is 1. The molecule has 4 heteroatoms. The Labute approximate surface area is 114 Å². The van der Waals surface area contributed by atoms with Crippen molar-refractivity contribution in [1.82, 2.24) is 9.66 Å². The van der Waals surface area contributed by atoms with E-state index in [4.69, 9.17) is 11.6 Å². The topological polar surface area (TPSA) is 69.9 Å². The van der Waals surface area contributed by atoms with Crippen LogP contribution in [0, 0.1) is 0 Å². The molecule has 0 bridgehead atoms. The maximum absolute atomic E-state index is 6.11. The first-order chi connectivity index (χ1) is 8.82. The summed E-state index contributed by atoms with van der Waals surface area (Å²) < 4.78 is 1.51. The van der Waals surface area contributed by atoms with Gasteiger partial charge in [0.05, 0.1) is 5.69 Å². The molecule has 0 aliphatic heterocycles. The Bertz CT molecular complexity index is 564. The summed E-state index contributed by atoms with van der Waals surface area (Å²) in [4.78, 5) is 4.67. The molecule has 0 amide bonds. The molecular formula is C15H22N4. The van der Waals surface area contributed by atoms with Gasteiger partial charge in [0.1, 0.15) is 11.6 Å². The van der Waals surface area contributed by atoms with Crippen LogP contribution in [0.4, 0.5) is 5.82 Å². The average molecular weight is 258 g/mol. The predicted octanol–water partition coefficient (Wildman–Crippen LogP) is 2.63. The van der Waals surface area contributed by atoms with Crippen molar-refractivity contribution in [1.29, 1.82) is 0 Å². The van der Waals surface area contributed by atoms with E-state index in [9.17, 15) is 0 Å². The van der Waals surface area contributed by atoms with Crippen molar-refractivity contribution < 1.29 is 0 Å². The zero-order valence-corrected chi connectivity index (χ0v) is 12.0. The van der Waals surface area contributed by atoms with E-state index in [0.29, 0.717) is 5.82 Å². The average Bonchev–Trinajstić information content (AvgIpc) is 2.66. The number of nitrogens with zero attached hydrogens (tertiary/aromatic N) is 2. The maximum Gasteiger partial charge on any atom is 0.146 e. The van der Waals surface area contributed by atoms with Gasteiger partial charge in [0.25, 0.3) is 0 Å². The lowest BCUT2D eigenvalue weighted by Crippen LogP contribution is -2.24. The van der Waals surface area contributed by atoms with Gasteiger partial charge in [-0.05, 0) is 5.56 Å². The summed E-state index contributed by atoms with van der Waals surface area (Å²) in [6.45, 7) is 8.33. The normalized spacial score (nSPS) is 13.5. The number of nitrogens with two attached hydrogens (primary N) is 2. The summed E-state index contributed by atoms with van der Waals surface area (Å²) in [6.07, 6.45) is 0. The standard InChI is InChI=1S/C15H22N4/c1-10(11-8-6-5-7-9-11)12-13(16)19(17)14(18-12)15(2,3)4/h5-10H,16-17H2,1-4H3. The number of rotatable bonds is 2. The van der Waals surface area contributed by atoms with Gasteiger partial charge in [0, 0.05) is 11.3 Å². The van der Waals surface area contributed by atoms with E-state index in [-0.39, 0.29) is 11.3 Å². The molecule has 4 nitrogen and oxygen atoms in total. The van der Waals surface area contributed by atoms with Crippen LogP contribution in [0.5, 0.6) is 0 Å². The molecule has 0 saturated heterocycles. The Balaban J connectivity index is 2.47. The quantitative estimate of drug-likeness (QED) is 0.813. The molecule has 102 valence electrons. The summed E-state index contributed by atoms with van der Waals surface area (Å²) in [6, 6.07) is 10.2. The van der Waals surface area contributed by atoms with Crippen LogP contribution in [-0.4, -0.2) is 9.66 Å². The molecular weight excluding hydrogens is 236 g/mol. The van der Waals surface area contributed by atoms with Gasteiger partial charge < -0.3 is 11.6 Å². The fourth-order valence-electron chi connectivity index (χ4n) is 2.21. The van der Waals surface area contributed by atoms with Crippen LogP contribution >= 0.6 is 0 Å². The van der Waals surface area contributed by atoms with Crippen molar-refractivity contribution in [2.75, 3.05) is 11.6 Å². The lowest BCUT2D eigenvalue weighted by molar-refractivity contribution is 0.530. The van der Waals surface area contributed by atoms with Crippen molar-refractivity contribution in [2.24, 2.45) is 0 Å². The van der Waals surface area contributed by atoms with Gasteiger partial charge in [-0.1, -0.05) is 58.0 Å². The highest BCUT2D eigenvalue weighted by atomic mass is 15.4. The summed E-state index contributed by atoms with van der Waals surface area (Å²) in [5.41, 5.74) is 8.02. The second-order valence-electron chi connectivity index (χ2n) is 5.96. The monoisotopic (exact) mass is 258 g/mol. The van der Waals surface area contributed by atoms with Gasteiger partial charge in [-0.15, -0.1) is 0 Å². The third-order valence-electron chi connectivity index (χ3n) is 3.36. The van der Waals surface area contributed by atoms with Crippen LogP contribution in [0.15, 0.2) is 30.3 Å². The smallest absolute Gasteiger partial charge is 0.146 e. The van der Waals surface area contributed by atoms with Gasteiger partial charge in [-0.3, -0.25) is 0 Å². The van der Waals surface area contributed by atoms with E-state index < -0.39 is 0 Å². The number of anilines is 1. The molecule has 2 aromatic rings. The number of hydrogen-bond donors (Lipinski definition) is 2. The Kier molecular flexibility index (Phi) is 3.27. The fourth-order valence-corrected chi connectivity index (χ4v) is 2.21. The number of benzene rings is 1. The van der Waals surface area contributed by atoms with E-state index in [0.717, 1.165) is 11.5 Å². The minimum Gasteiger partial charge on any atom is -0.382 e. The number of nitrogen functional groups attached to an aromatic ring is 2. The highest BCUT2D eigenvalue weighted by molar-refractivity contribution is 5.45. The van der Waals surface area contributed by atoms with E-state index in [2.05, 4.69) is 44.8 Å². The zero-order chi connectivity index (χ0) is 14.2. The molecule has 1 aromatic carbocycles. The molecule has 2 rings (SSSR count). The second kappa shape index (κ2) is 4.61. The molecule has 1 heterocycles. The third kappa shape index (κ3) is 2.43. The minimum atomic E-state index is -0.127. The SMILES string of the molecule is CC(c1ccccc1)c1nc(C(C)(C)C)n(N)c1N. The summed E-state index contributed by atoms with van der Waals surface area (Å²) >= 11 is 0. The van der Waals surface area contributed by atoms with Gasteiger partial charge >= 0.3 is 0 Å². The Morgan fingerprint density at radius 3 is 2.21 bits per heavy atom. The Hall–Kier alpha value is -1.97. The molecule has 0 saturated carbocycles. The van der Waals surface area contributed by atoms with Crippen LogP contribution in [0.25, 0.3) is 0 Å². The minimum absolute atomic E-state index is 0.127. The van der Waals surface area contributed by atoms with Crippen molar-refractivity contribution in [3.8, 4) is 0 Å². The first kappa shape index (κ1) is 13.5. The number of hydrogen-bond acceptors (Lipinski definition) is 3. The first-order valence-corrected chi connectivity index (χ1v) is 6.51. The van der Waals surface area contributed by atoms with Crippen LogP contribution in [0.3, 0.4) is 0 Å². The van der Waals surface area contributed by atoms with Crippen molar-refractivity contribution in [3.63, 3.8) is 0 Å². The molecule has 0 radical (unpaired) electrons. The molecule has 4 N–H and O–H groups in total. The maximum atomic E-state index is 6.11. The number of aromatic nitrogens is 2. The van der Waals surface area contributed by atoms with E-state index in [1.54, 1.807) is 0 Å². The molecule has 0 fully saturated rings. The van der Waals surface area contributed by atoms with Gasteiger partial charge in [-0.2, -0.15) is 0 Å². The molecule has 19 heavy (non-hydrogen) atoms. The van der Waals surface area contributed by atoms with Gasteiger partial charge in [0.2, 0.25) is 0 Å². The molecule has 0 aliphatic rings. The van der Waals surface area contributed by atoms with Crippen LogP contribution < -0.4 is 11.6 Å².